The van der Waals surface area contributed by atoms with Crippen molar-refractivity contribution in [3.05, 3.63) is 18.2 Å². The molecular weight excluding hydrogens is 486 g/mol. The molecule has 0 aromatic carbocycles. The smallest absolute Gasteiger partial charge is 0.326 e. The van der Waals surface area contributed by atoms with E-state index in [1.807, 2.05) is 13.8 Å². The van der Waals surface area contributed by atoms with Gasteiger partial charge in [0.1, 0.15) is 18.1 Å². The van der Waals surface area contributed by atoms with Crippen molar-refractivity contribution in [3.63, 3.8) is 0 Å². The number of imidazole rings is 1. The van der Waals surface area contributed by atoms with Crippen LogP contribution in [0.25, 0.3) is 0 Å². The zero-order valence-corrected chi connectivity index (χ0v) is 21.2. The fraction of sp³-hybridized carbons (Fsp3) is 0.652. The van der Waals surface area contributed by atoms with Gasteiger partial charge in [-0.05, 0) is 44.6 Å². The zero-order chi connectivity index (χ0) is 28.0. The molecule has 0 saturated heterocycles. The van der Waals surface area contributed by atoms with Crippen LogP contribution in [-0.4, -0.2) is 80.6 Å². The Morgan fingerprint density at radius 1 is 0.946 bits per heavy atom. The van der Waals surface area contributed by atoms with Crippen LogP contribution in [-0.2, 0) is 30.4 Å². The molecule has 4 unspecified atom stereocenters. The molecule has 14 heteroatoms. The van der Waals surface area contributed by atoms with E-state index in [1.54, 1.807) is 0 Å². The first-order valence-electron chi connectivity index (χ1n) is 12.2. The lowest BCUT2D eigenvalue weighted by Gasteiger charge is -2.26. The van der Waals surface area contributed by atoms with Gasteiger partial charge < -0.3 is 42.6 Å². The fourth-order valence-electron chi connectivity index (χ4n) is 3.51. The Balaban J connectivity index is 3.00. The van der Waals surface area contributed by atoms with Crippen LogP contribution in [0.2, 0.25) is 0 Å². The number of aromatic amines is 1. The number of unbranched alkanes of at least 4 members (excludes halogenated alkanes) is 1. The minimum Gasteiger partial charge on any atom is -0.481 e. The second kappa shape index (κ2) is 16.3. The number of hydrogen-bond donors (Lipinski definition) is 8. The highest BCUT2D eigenvalue weighted by molar-refractivity contribution is 5.94. The number of nitrogens with zero attached hydrogens (tertiary/aromatic N) is 1. The van der Waals surface area contributed by atoms with Crippen molar-refractivity contribution in [1.29, 1.82) is 0 Å². The van der Waals surface area contributed by atoms with E-state index in [-0.39, 0.29) is 38.0 Å². The summed E-state index contributed by atoms with van der Waals surface area (Å²) in [6, 6.07) is -4.53. The van der Waals surface area contributed by atoms with Crippen molar-refractivity contribution in [2.75, 3.05) is 6.54 Å². The molecule has 10 N–H and O–H groups in total. The molecule has 14 nitrogen and oxygen atoms in total. The van der Waals surface area contributed by atoms with Crippen molar-refractivity contribution >= 4 is 29.7 Å². The van der Waals surface area contributed by atoms with Gasteiger partial charge in [0.25, 0.3) is 0 Å². The third kappa shape index (κ3) is 12.3. The minimum atomic E-state index is -1.19. The Labute approximate surface area is 215 Å². The summed E-state index contributed by atoms with van der Waals surface area (Å²) < 4.78 is 0. The Kier molecular flexibility index (Phi) is 13.9. The highest BCUT2D eigenvalue weighted by atomic mass is 16.4. The molecular formula is C23H39N7O7. The molecule has 0 bridgehead atoms. The van der Waals surface area contributed by atoms with Crippen LogP contribution in [0, 0.1) is 5.92 Å². The van der Waals surface area contributed by atoms with E-state index in [0.717, 1.165) is 0 Å². The monoisotopic (exact) mass is 525 g/mol. The molecule has 1 heterocycles. The third-order valence-corrected chi connectivity index (χ3v) is 5.52. The minimum absolute atomic E-state index is 0.00389. The van der Waals surface area contributed by atoms with Gasteiger partial charge >= 0.3 is 11.9 Å². The second-order valence-corrected chi connectivity index (χ2v) is 9.26. The molecule has 37 heavy (non-hydrogen) atoms. The summed E-state index contributed by atoms with van der Waals surface area (Å²) in [7, 11) is 0. The quantitative estimate of drug-likeness (QED) is 0.107. The molecule has 208 valence electrons. The predicted molar refractivity (Wildman–Crippen MR) is 133 cm³/mol. The molecule has 3 amide bonds. The van der Waals surface area contributed by atoms with E-state index in [0.29, 0.717) is 25.1 Å². The normalized spacial score (nSPS) is 14.3. The highest BCUT2D eigenvalue weighted by Crippen LogP contribution is 2.09. The standard InChI is InChI=1S/C23H39N7O7/c1-13(2)9-17(21(34)28-16(23(36)37)5-3-4-8-24)30-22(35)18(10-14-11-26-12-27-14)29-20(33)15(25)6-7-19(31)32/h11-13,15-18H,3-10,24-25H2,1-2H3,(H,26,27)(H,28,34)(H,29,33)(H,30,35)(H,31,32)(H,36,37). The first-order chi connectivity index (χ1) is 17.4. The molecule has 0 fully saturated rings. The summed E-state index contributed by atoms with van der Waals surface area (Å²) in [5, 5.41) is 25.9. The van der Waals surface area contributed by atoms with Crippen LogP contribution in [0.1, 0.15) is 58.1 Å². The second-order valence-electron chi connectivity index (χ2n) is 9.26. The van der Waals surface area contributed by atoms with Gasteiger partial charge in [0.05, 0.1) is 12.4 Å². The molecule has 1 aromatic rings. The molecule has 4 atom stereocenters. The van der Waals surface area contributed by atoms with Gasteiger partial charge in [0.2, 0.25) is 17.7 Å². The lowest BCUT2D eigenvalue weighted by molar-refractivity contribution is -0.142. The maximum atomic E-state index is 13.2. The van der Waals surface area contributed by atoms with Crippen LogP contribution in [0.3, 0.4) is 0 Å². The molecule has 1 aromatic heterocycles. The molecule has 0 aliphatic heterocycles. The number of carboxylic acid groups (broad SMARTS) is 2. The molecule has 0 saturated carbocycles. The first kappa shape index (κ1) is 31.5. The number of aliphatic carboxylic acids is 2. The predicted octanol–water partition coefficient (Wildman–Crippen LogP) is -1.14. The number of H-pyrrole nitrogens is 1. The van der Waals surface area contributed by atoms with Crippen molar-refractivity contribution < 1.29 is 34.2 Å². The SMILES string of the molecule is CC(C)CC(NC(=O)C(Cc1cnc[nH]1)NC(=O)C(N)CCC(=O)O)C(=O)NC(CCCCN)C(=O)O. The van der Waals surface area contributed by atoms with E-state index in [9.17, 15) is 29.1 Å². The maximum absolute atomic E-state index is 13.2. The molecule has 1 rings (SSSR count). The Hall–Kier alpha value is -3.52. The van der Waals surface area contributed by atoms with Crippen molar-refractivity contribution in [2.24, 2.45) is 17.4 Å². The summed E-state index contributed by atoms with van der Waals surface area (Å²) >= 11 is 0. The average Bonchev–Trinajstić information content (AvgIpc) is 3.33. The van der Waals surface area contributed by atoms with E-state index in [2.05, 4.69) is 25.9 Å². The summed E-state index contributed by atoms with van der Waals surface area (Å²) in [5.41, 5.74) is 11.8. The molecule has 0 spiro atoms. The van der Waals surface area contributed by atoms with Crippen molar-refractivity contribution in [1.82, 2.24) is 25.9 Å². The fourth-order valence-corrected chi connectivity index (χ4v) is 3.51. The van der Waals surface area contributed by atoms with E-state index >= 15 is 0 Å². The van der Waals surface area contributed by atoms with Crippen LogP contribution in [0.4, 0.5) is 0 Å². The van der Waals surface area contributed by atoms with Crippen LogP contribution < -0.4 is 27.4 Å². The number of nitrogens with two attached hydrogens (primary N) is 2. The Morgan fingerprint density at radius 2 is 1.57 bits per heavy atom. The lowest BCUT2D eigenvalue weighted by Crippen LogP contribution is -2.57. The number of nitrogens with one attached hydrogen (secondary N) is 4. The Bertz CT molecular complexity index is 892. The van der Waals surface area contributed by atoms with Crippen LogP contribution in [0.5, 0.6) is 0 Å². The van der Waals surface area contributed by atoms with Crippen molar-refractivity contribution in [2.45, 2.75) is 83.0 Å². The average molecular weight is 526 g/mol. The number of hydrogen-bond acceptors (Lipinski definition) is 8. The number of rotatable bonds is 18. The Morgan fingerprint density at radius 3 is 2.11 bits per heavy atom. The number of carboxylic acids is 2. The number of carbonyl (C=O) groups excluding carboxylic acids is 3. The van der Waals surface area contributed by atoms with Crippen LogP contribution in [0.15, 0.2) is 12.5 Å². The molecule has 0 aliphatic rings. The van der Waals surface area contributed by atoms with Gasteiger partial charge in [-0.2, -0.15) is 0 Å². The largest absolute Gasteiger partial charge is 0.481 e. The molecule has 0 aliphatic carbocycles. The summed E-state index contributed by atoms with van der Waals surface area (Å²) in [6.45, 7) is 4.08. The summed E-state index contributed by atoms with van der Waals surface area (Å²) in [4.78, 5) is 67.9. The van der Waals surface area contributed by atoms with Gasteiger partial charge in [-0.25, -0.2) is 9.78 Å². The topological polar surface area (TPSA) is 243 Å². The van der Waals surface area contributed by atoms with Gasteiger partial charge in [-0.3, -0.25) is 19.2 Å². The van der Waals surface area contributed by atoms with E-state index < -0.39 is 53.8 Å². The van der Waals surface area contributed by atoms with E-state index in [4.69, 9.17) is 16.6 Å². The summed E-state index contributed by atoms with van der Waals surface area (Å²) in [6.07, 6.45) is 3.94. The number of amides is 3. The van der Waals surface area contributed by atoms with Crippen LogP contribution >= 0.6 is 0 Å². The summed E-state index contributed by atoms with van der Waals surface area (Å²) in [5.74, 6) is -4.41. The molecule has 0 radical (unpaired) electrons. The highest BCUT2D eigenvalue weighted by Gasteiger charge is 2.31. The lowest BCUT2D eigenvalue weighted by atomic mass is 10.0. The van der Waals surface area contributed by atoms with Gasteiger partial charge in [0, 0.05) is 24.7 Å². The number of carbonyl (C=O) groups is 5. The maximum Gasteiger partial charge on any atom is 0.326 e. The third-order valence-electron chi connectivity index (χ3n) is 5.52. The van der Waals surface area contributed by atoms with Gasteiger partial charge in [-0.1, -0.05) is 13.8 Å². The van der Waals surface area contributed by atoms with Gasteiger partial charge in [-0.15, -0.1) is 0 Å². The first-order valence-corrected chi connectivity index (χ1v) is 12.2. The van der Waals surface area contributed by atoms with Crippen molar-refractivity contribution in [3.8, 4) is 0 Å². The zero-order valence-electron chi connectivity index (χ0n) is 21.2. The van der Waals surface area contributed by atoms with E-state index in [1.165, 1.54) is 12.5 Å². The van der Waals surface area contributed by atoms with Gasteiger partial charge in [0.15, 0.2) is 0 Å². The number of aromatic nitrogens is 2.